The van der Waals surface area contributed by atoms with Gasteiger partial charge in [-0.05, 0) is 32.4 Å². The normalized spacial score (nSPS) is 24.1. The van der Waals surface area contributed by atoms with E-state index in [9.17, 15) is 4.79 Å². The Balaban J connectivity index is 2.13. The first-order chi connectivity index (χ1) is 7.11. The van der Waals surface area contributed by atoms with E-state index in [-0.39, 0.29) is 11.9 Å². The number of carbonyl (C=O) groups is 1. The van der Waals surface area contributed by atoms with Gasteiger partial charge in [-0.15, -0.1) is 0 Å². The van der Waals surface area contributed by atoms with Crippen molar-refractivity contribution in [1.82, 2.24) is 10.2 Å². The monoisotopic (exact) mass is 213 g/mol. The summed E-state index contributed by atoms with van der Waals surface area (Å²) in [5.41, 5.74) is 5.55. The number of hydrogen-bond donors (Lipinski definition) is 2. The van der Waals surface area contributed by atoms with Crippen LogP contribution in [0.5, 0.6) is 0 Å². The highest BCUT2D eigenvalue weighted by Crippen LogP contribution is 2.14. The maximum Gasteiger partial charge on any atom is 0.221 e. The molecule has 0 aliphatic carbocycles. The van der Waals surface area contributed by atoms with Gasteiger partial charge in [0.1, 0.15) is 0 Å². The van der Waals surface area contributed by atoms with E-state index in [0.29, 0.717) is 12.3 Å². The van der Waals surface area contributed by atoms with Crippen LogP contribution in [0.2, 0.25) is 0 Å². The van der Waals surface area contributed by atoms with Gasteiger partial charge in [-0.25, -0.2) is 0 Å². The third-order valence-corrected chi connectivity index (χ3v) is 2.91. The molecule has 0 spiro atoms. The van der Waals surface area contributed by atoms with Gasteiger partial charge in [0.2, 0.25) is 5.91 Å². The molecule has 0 aromatic heterocycles. The zero-order valence-electron chi connectivity index (χ0n) is 9.83. The molecule has 1 fully saturated rings. The molecule has 88 valence electrons. The summed E-state index contributed by atoms with van der Waals surface area (Å²) in [6.45, 7) is 8.25. The highest BCUT2D eigenvalue weighted by Gasteiger charge is 2.21. The molecule has 1 aliphatic heterocycles. The van der Waals surface area contributed by atoms with Crippen LogP contribution < -0.4 is 11.1 Å². The van der Waals surface area contributed by atoms with Crippen molar-refractivity contribution < 1.29 is 4.79 Å². The summed E-state index contributed by atoms with van der Waals surface area (Å²) < 4.78 is 0. The number of nitrogens with zero attached hydrogens (tertiary/aromatic N) is 1. The molecule has 0 saturated carbocycles. The third kappa shape index (κ3) is 4.62. The standard InChI is InChI=1S/C11H23N3O/c1-3-14-5-4-10(8-14)7-13-11(15)6-9(2)12/h9-10H,3-8,12H2,1-2H3,(H,13,15). The van der Waals surface area contributed by atoms with Crippen LogP contribution in [0, 0.1) is 5.92 Å². The summed E-state index contributed by atoms with van der Waals surface area (Å²) in [6.07, 6.45) is 1.64. The molecule has 1 heterocycles. The molecule has 15 heavy (non-hydrogen) atoms. The minimum absolute atomic E-state index is 0.0410. The molecule has 1 saturated heterocycles. The average Bonchev–Trinajstić information content (AvgIpc) is 2.61. The first kappa shape index (κ1) is 12.5. The van der Waals surface area contributed by atoms with Gasteiger partial charge in [0, 0.05) is 25.6 Å². The highest BCUT2D eigenvalue weighted by molar-refractivity contribution is 5.76. The van der Waals surface area contributed by atoms with E-state index in [4.69, 9.17) is 5.73 Å². The number of nitrogens with one attached hydrogen (secondary N) is 1. The molecule has 0 aromatic carbocycles. The van der Waals surface area contributed by atoms with E-state index < -0.39 is 0 Å². The summed E-state index contributed by atoms with van der Waals surface area (Å²) in [6, 6.07) is -0.0410. The second kappa shape index (κ2) is 6.08. The van der Waals surface area contributed by atoms with Crippen molar-refractivity contribution in [3.05, 3.63) is 0 Å². The maximum absolute atomic E-state index is 11.4. The summed E-state index contributed by atoms with van der Waals surface area (Å²) in [5, 5.41) is 2.95. The Morgan fingerprint density at radius 3 is 2.93 bits per heavy atom. The summed E-state index contributed by atoms with van der Waals surface area (Å²) in [7, 11) is 0. The Bertz CT molecular complexity index is 206. The van der Waals surface area contributed by atoms with Gasteiger partial charge in [0.05, 0.1) is 0 Å². The minimum Gasteiger partial charge on any atom is -0.356 e. The maximum atomic E-state index is 11.4. The van der Waals surface area contributed by atoms with E-state index in [1.54, 1.807) is 0 Å². The van der Waals surface area contributed by atoms with Crippen LogP contribution >= 0.6 is 0 Å². The Labute approximate surface area is 92.2 Å². The van der Waals surface area contributed by atoms with E-state index in [1.165, 1.54) is 13.0 Å². The Hall–Kier alpha value is -0.610. The Morgan fingerprint density at radius 2 is 2.40 bits per heavy atom. The van der Waals surface area contributed by atoms with Crippen LogP contribution in [-0.2, 0) is 4.79 Å². The number of nitrogens with two attached hydrogens (primary N) is 1. The molecule has 2 unspecified atom stereocenters. The predicted molar refractivity (Wildman–Crippen MR) is 61.5 cm³/mol. The van der Waals surface area contributed by atoms with Crippen molar-refractivity contribution in [1.29, 1.82) is 0 Å². The van der Waals surface area contributed by atoms with Crippen LogP contribution in [-0.4, -0.2) is 43.0 Å². The Kier molecular flexibility index (Phi) is 5.05. The molecule has 0 bridgehead atoms. The lowest BCUT2D eigenvalue weighted by Gasteiger charge is -2.14. The van der Waals surface area contributed by atoms with E-state index in [0.717, 1.165) is 19.6 Å². The molecule has 1 aliphatic rings. The number of carbonyl (C=O) groups excluding carboxylic acids is 1. The van der Waals surface area contributed by atoms with E-state index >= 15 is 0 Å². The van der Waals surface area contributed by atoms with Crippen LogP contribution in [0.15, 0.2) is 0 Å². The third-order valence-electron chi connectivity index (χ3n) is 2.91. The number of amides is 1. The molecule has 1 rings (SSSR count). The average molecular weight is 213 g/mol. The van der Waals surface area contributed by atoms with Gasteiger partial charge < -0.3 is 16.0 Å². The summed E-state index contributed by atoms with van der Waals surface area (Å²) in [5.74, 6) is 0.710. The molecular formula is C11H23N3O. The van der Waals surface area contributed by atoms with Crippen LogP contribution in [0.25, 0.3) is 0 Å². The SMILES string of the molecule is CCN1CCC(CNC(=O)CC(C)N)C1. The van der Waals surface area contributed by atoms with Gasteiger partial charge in [-0.3, -0.25) is 4.79 Å². The van der Waals surface area contributed by atoms with E-state index in [1.807, 2.05) is 6.92 Å². The van der Waals surface area contributed by atoms with Crippen LogP contribution in [0.1, 0.15) is 26.7 Å². The minimum atomic E-state index is -0.0410. The Morgan fingerprint density at radius 1 is 1.67 bits per heavy atom. The smallest absolute Gasteiger partial charge is 0.221 e. The molecule has 2 atom stereocenters. The first-order valence-corrected chi connectivity index (χ1v) is 5.86. The number of likely N-dealkylation sites (tertiary alicyclic amines) is 1. The van der Waals surface area contributed by atoms with Crippen molar-refractivity contribution in [2.24, 2.45) is 11.7 Å². The lowest BCUT2D eigenvalue weighted by Crippen LogP contribution is -2.34. The molecule has 3 N–H and O–H groups in total. The van der Waals surface area contributed by atoms with Gasteiger partial charge in [-0.2, -0.15) is 0 Å². The quantitative estimate of drug-likeness (QED) is 0.685. The fraction of sp³-hybridized carbons (Fsp3) is 0.909. The fourth-order valence-corrected chi connectivity index (χ4v) is 1.99. The topological polar surface area (TPSA) is 58.4 Å². The first-order valence-electron chi connectivity index (χ1n) is 5.86. The zero-order chi connectivity index (χ0) is 11.3. The highest BCUT2D eigenvalue weighted by atomic mass is 16.1. The number of hydrogen-bond acceptors (Lipinski definition) is 3. The molecule has 4 nitrogen and oxygen atoms in total. The lowest BCUT2D eigenvalue weighted by molar-refractivity contribution is -0.121. The molecular weight excluding hydrogens is 190 g/mol. The van der Waals surface area contributed by atoms with Crippen molar-refractivity contribution >= 4 is 5.91 Å². The van der Waals surface area contributed by atoms with Crippen LogP contribution in [0.3, 0.4) is 0 Å². The summed E-state index contributed by atoms with van der Waals surface area (Å²) in [4.78, 5) is 13.8. The molecule has 1 amide bonds. The van der Waals surface area contributed by atoms with Gasteiger partial charge in [0.25, 0.3) is 0 Å². The summed E-state index contributed by atoms with van der Waals surface area (Å²) >= 11 is 0. The van der Waals surface area contributed by atoms with Gasteiger partial charge in [-0.1, -0.05) is 6.92 Å². The van der Waals surface area contributed by atoms with E-state index in [2.05, 4.69) is 17.1 Å². The van der Waals surface area contributed by atoms with Crippen molar-refractivity contribution in [3.63, 3.8) is 0 Å². The second-order valence-electron chi connectivity index (χ2n) is 4.53. The van der Waals surface area contributed by atoms with Crippen LogP contribution in [0.4, 0.5) is 0 Å². The lowest BCUT2D eigenvalue weighted by atomic mass is 10.1. The predicted octanol–water partition coefficient (Wildman–Crippen LogP) is 0.182. The van der Waals surface area contributed by atoms with Crippen molar-refractivity contribution in [2.45, 2.75) is 32.7 Å². The second-order valence-corrected chi connectivity index (χ2v) is 4.53. The fourth-order valence-electron chi connectivity index (χ4n) is 1.99. The molecule has 0 aromatic rings. The number of rotatable bonds is 5. The zero-order valence-corrected chi connectivity index (χ0v) is 9.83. The van der Waals surface area contributed by atoms with Crippen molar-refractivity contribution in [2.75, 3.05) is 26.2 Å². The molecule has 0 radical (unpaired) electrons. The molecule has 4 heteroatoms. The van der Waals surface area contributed by atoms with Gasteiger partial charge in [0.15, 0.2) is 0 Å². The van der Waals surface area contributed by atoms with Gasteiger partial charge >= 0.3 is 0 Å². The largest absolute Gasteiger partial charge is 0.356 e. The van der Waals surface area contributed by atoms with Crippen molar-refractivity contribution in [3.8, 4) is 0 Å².